The topological polar surface area (TPSA) is 123 Å². The van der Waals surface area contributed by atoms with E-state index in [2.05, 4.69) is 0 Å². The fourth-order valence-corrected chi connectivity index (χ4v) is 17.9. The molecule has 0 spiro atoms. The highest BCUT2D eigenvalue weighted by Crippen LogP contribution is 2.79. The van der Waals surface area contributed by atoms with Gasteiger partial charge >= 0.3 is 30.6 Å². The zero-order valence-electron chi connectivity index (χ0n) is 34.7. The van der Waals surface area contributed by atoms with Crippen LogP contribution in [-0.2, 0) is 9.05 Å². The minimum absolute atomic E-state index is 0.400. The Morgan fingerprint density at radius 2 is 0.467 bits per heavy atom. The smallest absolute Gasteiger partial charge is 0.413 e. The van der Waals surface area contributed by atoms with Crippen LogP contribution in [0.25, 0.3) is 0 Å². The summed E-state index contributed by atoms with van der Waals surface area (Å²) in [7, 11) is -13.7. The summed E-state index contributed by atoms with van der Waals surface area (Å²) < 4.78 is 76.2. The third kappa shape index (κ3) is 10.8. The predicted octanol–water partition coefficient (Wildman–Crippen LogP) is 15.4. The summed E-state index contributed by atoms with van der Waals surface area (Å²) in [5, 5.41) is 0. The monoisotopic (exact) mass is 884 g/mol. The Labute approximate surface area is 352 Å². The molecule has 0 aromatic heterocycles. The van der Waals surface area contributed by atoms with Crippen LogP contribution in [0.1, 0.15) is 33.4 Å². The van der Waals surface area contributed by atoms with Gasteiger partial charge in [0.2, 0.25) is 0 Å². The van der Waals surface area contributed by atoms with Crippen molar-refractivity contribution in [1.29, 1.82) is 0 Å². The zero-order chi connectivity index (χ0) is 42.4. The van der Waals surface area contributed by atoms with Gasteiger partial charge in [0.05, 0.1) is 0 Å². The normalized spacial score (nSPS) is 15.9. The Morgan fingerprint density at radius 3 is 0.650 bits per heavy atom. The lowest BCUT2D eigenvalue weighted by Crippen LogP contribution is -2.09. The summed E-state index contributed by atoms with van der Waals surface area (Å²) in [5.74, 6) is 2.44. The standard InChI is InChI=1S/C44H48N4O8P4/c1-33-15-9-21-39(27-33)51-58(52-40-22-10-16-34(2)28-40)45-57(49-7,50-8)46-59(53-41-23-11-17-35(3)29-41,54-42-24-12-18-36(4)30-42)48-60(47-58,55-43-25-13-19-37(5)31-43)56-44-26-14-20-38(6)32-44/h9-32H,1-8H3. The van der Waals surface area contributed by atoms with Gasteiger partial charge in [-0.1, -0.05) is 81.8 Å². The van der Waals surface area contributed by atoms with E-state index in [0.717, 1.165) is 33.4 Å². The van der Waals surface area contributed by atoms with E-state index < -0.39 is 30.6 Å². The van der Waals surface area contributed by atoms with E-state index in [0.29, 0.717) is 34.5 Å². The molecule has 7 rings (SSSR count). The average molecular weight is 885 g/mol. The molecule has 6 aromatic carbocycles. The van der Waals surface area contributed by atoms with Crippen LogP contribution in [0.3, 0.4) is 0 Å². The van der Waals surface area contributed by atoms with E-state index in [1.807, 2.05) is 151 Å². The van der Waals surface area contributed by atoms with Crippen LogP contribution < -0.4 is 27.1 Å². The van der Waals surface area contributed by atoms with E-state index in [1.165, 1.54) is 14.2 Å². The summed E-state index contributed by atoms with van der Waals surface area (Å²) in [6.45, 7) is 11.8. The molecule has 312 valence electrons. The molecule has 1 heterocycles. The van der Waals surface area contributed by atoms with Crippen molar-refractivity contribution in [3.8, 4) is 34.5 Å². The van der Waals surface area contributed by atoms with Gasteiger partial charge < -0.3 is 36.2 Å². The number of hydrogen-bond donors (Lipinski definition) is 0. The van der Waals surface area contributed by atoms with Gasteiger partial charge in [0.1, 0.15) is 34.5 Å². The maximum absolute atomic E-state index is 7.10. The van der Waals surface area contributed by atoms with Gasteiger partial charge in [-0.25, -0.2) is 0 Å². The number of rotatable bonds is 14. The number of benzene rings is 6. The molecular weight excluding hydrogens is 836 g/mol. The number of nitrogens with zero attached hydrogens (tertiary/aromatic N) is 4. The molecule has 16 heteroatoms. The Kier molecular flexibility index (Phi) is 13.1. The highest BCUT2D eigenvalue weighted by molar-refractivity contribution is 7.79. The first-order chi connectivity index (χ1) is 28.8. The van der Waals surface area contributed by atoms with Crippen molar-refractivity contribution in [3.63, 3.8) is 0 Å². The Balaban J connectivity index is 1.67. The zero-order valence-corrected chi connectivity index (χ0v) is 38.3. The van der Waals surface area contributed by atoms with Crippen molar-refractivity contribution in [2.75, 3.05) is 14.2 Å². The summed E-state index contributed by atoms with van der Waals surface area (Å²) in [5.41, 5.74) is 5.56. The Bertz CT molecular complexity index is 2500. The second kappa shape index (κ2) is 18.3. The second-order valence-electron chi connectivity index (χ2n) is 14.1. The van der Waals surface area contributed by atoms with E-state index in [1.54, 1.807) is 36.4 Å². The van der Waals surface area contributed by atoms with Crippen LogP contribution in [0, 0.1) is 41.5 Å². The third-order valence-electron chi connectivity index (χ3n) is 8.66. The minimum Gasteiger partial charge on any atom is -0.413 e. The van der Waals surface area contributed by atoms with Crippen LogP contribution in [0.4, 0.5) is 0 Å². The minimum atomic E-state index is -4.29. The lowest BCUT2D eigenvalue weighted by atomic mass is 10.2. The second-order valence-corrected chi connectivity index (χ2v) is 22.7. The molecule has 0 unspecified atom stereocenters. The van der Waals surface area contributed by atoms with E-state index in [-0.39, 0.29) is 0 Å². The summed E-state index contributed by atoms with van der Waals surface area (Å²) >= 11 is 0. The molecule has 12 nitrogen and oxygen atoms in total. The van der Waals surface area contributed by atoms with Gasteiger partial charge in [-0.15, -0.1) is 9.03 Å². The van der Waals surface area contributed by atoms with Gasteiger partial charge in [-0.2, -0.15) is 0 Å². The van der Waals surface area contributed by atoms with Crippen molar-refractivity contribution in [2.24, 2.45) is 18.1 Å². The third-order valence-corrected chi connectivity index (χ3v) is 19.5. The molecule has 0 amide bonds. The molecule has 0 bridgehead atoms. The Morgan fingerprint density at radius 1 is 0.283 bits per heavy atom. The molecule has 1 aliphatic heterocycles. The average Bonchev–Trinajstić information content (AvgIpc) is 3.17. The van der Waals surface area contributed by atoms with Crippen molar-refractivity contribution in [3.05, 3.63) is 179 Å². The van der Waals surface area contributed by atoms with Crippen molar-refractivity contribution < 1.29 is 36.2 Å². The van der Waals surface area contributed by atoms with Crippen LogP contribution >= 0.6 is 30.6 Å². The first-order valence-corrected chi connectivity index (χ1v) is 25.2. The molecule has 0 atom stereocenters. The summed E-state index contributed by atoms with van der Waals surface area (Å²) in [4.78, 5) is 0. The van der Waals surface area contributed by atoms with Gasteiger partial charge in [0.25, 0.3) is 0 Å². The SMILES string of the molecule is COP1(OC)=NP(Oc2cccc(C)c2)(Oc2cccc(C)c2)=NP(Oc2cccc(C)c2)(Oc2cccc(C)c2)=NP(Oc2cccc(C)c2)(Oc2cccc(C)c2)=N1. The highest BCUT2D eigenvalue weighted by Gasteiger charge is 2.47. The highest BCUT2D eigenvalue weighted by atomic mass is 31.3. The first kappa shape index (κ1) is 43.1. The van der Waals surface area contributed by atoms with Crippen LogP contribution in [-0.4, -0.2) is 14.2 Å². The largest absolute Gasteiger partial charge is 0.460 e. The molecule has 0 fully saturated rings. The summed E-state index contributed by atoms with van der Waals surface area (Å²) in [6.07, 6.45) is 0. The number of hydrogen-bond acceptors (Lipinski definition) is 12. The first-order valence-electron chi connectivity index (χ1n) is 19.0. The van der Waals surface area contributed by atoms with E-state index in [9.17, 15) is 0 Å². The molecule has 0 saturated heterocycles. The van der Waals surface area contributed by atoms with Gasteiger partial charge in [-0.3, -0.25) is 0 Å². The predicted molar refractivity (Wildman–Crippen MR) is 242 cm³/mol. The van der Waals surface area contributed by atoms with Crippen molar-refractivity contribution in [2.45, 2.75) is 41.5 Å². The number of aryl methyl sites for hydroxylation is 6. The molecule has 0 aliphatic carbocycles. The van der Waals surface area contributed by atoms with Crippen molar-refractivity contribution in [1.82, 2.24) is 0 Å². The maximum Gasteiger partial charge on any atom is 0.460 e. The maximum atomic E-state index is 7.10. The molecule has 60 heavy (non-hydrogen) atoms. The van der Waals surface area contributed by atoms with E-state index in [4.69, 9.17) is 54.3 Å². The van der Waals surface area contributed by atoms with E-state index >= 15 is 0 Å². The van der Waals surface area contributed by atoms with Gasteiger partial charge in [0.15, 0.2) is 0 Å². The molecule has 1 aliphatic rings. The molecule has 0 saturated carbocycles. The molecule has 6 aromatic rings. The lowest BCUT2D eigenvalue weighted by molar-refractivity contribution is 0.327. The quantitative estimate of drug-likeness (QED) is 0.0991. The van der Waals surface area contributed by atoms with Crippen LogP contribution in [0.2, 0.25) is 0 Å². The molecule has 0 N–H and O–H groups in total. The van der Waals surface area contributed by atoms with Gasteiger partial charge in [0, 0.05) is 14.2 Å². The Hall–Kier alpha value is -5.04. The lowest BCUT2D eigenvalue weighted by Gasteiger charge is -2.32. The summed E-state index contributed by atoms with van der Waals surface area (Å²) in [6, 6.07) is 45.0. The fourth-order valence-electron chi connectivity index (χ4n) is 6.00. The van der Waals surface area contributed by atoms with Crippen LogP contribution in [0.5, 0.6) is 34.5 Å². The molecule has 0 radical (unpaired) electrons. The van der Waals surface area contributed by atoms with Crippen molar-refractivity contribution >= 4 is 30.6 Å². The fraction of sp³-hybridized carbons (Fsp3) is 0.182. The van der Waals surface area contributed by atoms with Crippen LogP contribution in [0.15, 0.2) is 164 Å². The molecular formula is C44H48N4O8P4. The van der Waals surface area contributed by atoms with Gasteiger partial charge in [-0.05, 0) is 148 Å².